The van der Waals surface area contributed by atoms with Gasteiger partial charge in [0.25, 0.3) is 11.7 Å². The Morgan fingerprint density at radius 1 is 1.33 bits per heavy atom. The molecule has 0 aliphatic rings. The number of benzene rings is 1. The lowest BCUT2D eigenvalue weighted by atomic mass is 10.2. The number of amides is 1. The zero-order valence-electron chi connectivity index (χ0n) is 13.3. The van der Waals surface area contributed by atoms with Crippen LogP contribution in [-0.2, 0) is 0 Å². The molecular weight excluding hydrogens is 393 g/mol. The van der Waals surface area contributed by atoms with Gasteiger partial charge < -0.3 is 10.1 Å². The number of ether oxygens (including phenoxy) is 1. The molecule has 1 heterocycles. The molecule has 0 saturated heterocycles. The van der Waals surface area contributed by atoms with Crippen LogP contribution < -0.4 is 10.1 Å². The summed E-state index contributed by atoms with van der Waals surface area (Å²) < 4.78 is 66.3. The Kier molecular flexibility index (Phi) is 6.57. The monoisotopic (exact) mass is 403 g/mol. The van der Waals surface area contributed by atoms with Crippen LogP contribution in [0.1, 0.15) is 15.9 Å². The summed E-state index contributed by atoms with van der Waals surface area (Å²) in [4.78, 5) is 16.0. The number of nitrogens with one attached hydrogen (secondary N) is 1. The minimum atomic E-state index is -4.57. The average Bonchev–Trinajstić information content (AvgIpc) is 2.59. The molecule has 11 heteroatoms. The minimum absolute atomic E-state index is 0.0766. The highest BCUT2D eigenvalue weighted by atomic mass is 32.2. The van der Waals surface area contributed by atoms with Crippen molar-refractivity contribution in [2.75, 3.05) is 11.9 Å². The molecule has 2 aromatic rings. The van der Waals surface area contributed by atoms with Gasteiger partial charge in [-0.2, -0.15) is 27.2 Å². The van der Waals surface area contributed by atoms with Crippen LogP contribution in [0.3, 0.4) is 0 Å². The molecule has 1 amide bonds. The largest absolute Gasteiger partial charge is 0.483 e. The summed E-state index contributed by atoms with van der Waals surface area (Å²) in [5.74, 6) is -3.84. The van der Waals surface area contributed by atoms with Gasteiger partial charge in [-0.25, -0.2) is 4.98 Å². The summed E-state index contributed by atoms with van der Waals surface area (Å²) in [6, 6.07) is 7.77. The van der Waals surface area contributed by atoms with Crippen molar-refractivity contribution < 1.29 is 31.5 Å². The number of nitriles is 1. The molecular formula is C16H10F5N3O2S. The van der Waals surface area contributed by atoms with E-state index in [0.29, 0.717) is 0 Å². The van der Waals surface area contributed by atoms with Gasteiger partial charge in [-0.05, 0) is 42.1 Å². The number of carbonyl (C=O) groups excluding carboxylic acids is 1. The van der Waals surface area contributed by atoms with Crippen LogP contribution in [0.5, 0.6) is 5.75 Å². The van der Waals surface area contributed by atoms with Gasteiger partial charge >= 0.3 is 6.18 Å². The van der Waals surface area contributed by atoms with Gasteiger partial charge in [-0.15, -0.1) is 0 Å². The fraction of sp³-hybridized carbons (Fsp3) is 0.188. The van der Waals surface area contributed by atoms with Gasteiger partial charge in [0.05, 0.1) is 11.1 Å². The van der Waals surface area contributed by atoms with Crippen molar-refractivity contribution in [1.29, 1.82) is 5.26 Å². The van der Waals surface area contributed by atoms with E-state index in [1.54, 1.807) is 6.07 Å². The maximum atomic E-state index is 12.6. The van der Waals surface area contributed by atoms with E-state index in [2.05, 4.69) is 15.0 Å². The minimum Gasteiger partial charge on any atom is -0.483 e. The molecule has 0 fully saturated rings. The lowest BCUT2D eigenvalue weighted by molar-refractivity contribution is -0.153. The van der Waals surface area contributed by atoms with Crippen molar-refractivity contribution in [3.63, 3.8) is 0 Å². The van der Waals surface area contributed by atoms with E-state index in [9.17, 15) is 26.7 Å². The average molecular weight is 403 g/mol. The Balaban J connectivity index is 2.18. The molecule has 0 bridgehead atoms. The Morgan fingerprint density at radius 3 is 2.70 bits per heavy atom. The molecule has 0 atom stereocenters. The fourth-order valence-corrected chi connectivity index (χ4v) is 2.50. The Bertz CT molecular complexity index is 868. The summed E-state index contributed by atoms with van der Waals surface area (Å²) in [6.45, 7) is -1.57. The zero-order chi connectivity index (χ0) is 20.0. The number of hydrogen-bond donors (Lipinski definition) is 1. The van der Waals surface area contributed by atoms with Crippen molar-refractivity contribution in [3.8, 4) is 11.8 Å². The first-order valence-corrected chi connectivity index (χ1v) is 8.02. The second kappa shape index (κ2) is 8.68. The van der Waals surface area contributed by atoms with Gasteiger partial charge in [0.15, 0.2) is 6.61 Å². The van der Waals surface area contributed by atoms with E-state index in [1.807, 2.05) is 0 Å². The van der Waals surface area contributed by atoms with E-state index in [1.165, 1.54) is 24.4 Å². The molecule has 0 unspecified atom stereocenters. The van der Waals surface area contributed by atoms with Crippen molar-refractivity contribution in [1.82, 2.24) is 4.98 Å². The topological polar surface area (TPSA) is 75.0 Å². The number of carbonyl (C=O) groups is 1. The number of hydrogen-bond acceptors (Lipinski definition) is 5. The van der Waals surface area contributed by atoms with Crippen molar-refractivity contribution in [2.45, 2.75) is 17.0 Å². The van der Waals surface area contributed by atoms with Crippen LogP contribution in [0, 0.1) is 11.3 Å². The molecule has 0 saturated carbocycles. The number of halogens is 5. The van der Waals surface area contributed by atoms with Crippen LogP contribution >= 0.6 is 11.8 Å². The standard InChI is InChI=1S/C16H10F5N3O2S/c17-15(18)27-14-11(2-1-5-23-14)13(25)24-10-3-4-12(9(6-10)7-22)26-8-16(19,20)21/h1-6,15H,8H2,(H,24,25). The molecule has 0 radical (unpaired) electrons. The highest BCUT2D eigenvalue weighted by Crippen LogP contribution is 2.28. The number of pyridine rings is 1. The maximum absolute atomic E-state index is 12.6. The first kappa shape index (κ1) is 20.4. The van der Waals surface area contributed by atoms with Gasteiger partial charge in [0.2, 0.25) is 0 Å². The molecule has 142 valence electrons. The number of aromatic nitrogens is 1. The number of rotatable bonds is 6. The van der Waals surface area contributed by atoms with Crippen LogP contribution in [0.4, 0.5) is 27.6 Å². The summed E-state index contributed by atoms with van der Waals surface area (Å²) in [5, 5.41) is 11.2. The normalized spacial score (nSPS) is 11.1. The van der Waals surface area contributed by atoms with Gasteiger partial charge in [-0.3, -0.25) is 4.79 Å². The quantitative estimate of drug-likeness (QED) is 0.569. The fourth-order valence-electron chi connectivity index (χ4n) is 1.92. The van der Waals surface area contributed by atoms with Crippen molar-refractivity contribution in [2.24, 2.45) is 0 Å². The molecule has 0 spiro atoms. The molecule has 27 heavy (non-hydrogen) atoms. The molecule has 1 aromatic heterocycles. The van der Waals surface area contributed by atoms with Gasteiger partial charge in [-0.1, -0.05) is 0 Å². The van der Waals surface area contributed by atoms with Crippen molar-refractivity contribution in [3.05, 3.63) is 47.7 Å². The molecule has 0 aliphatic heterocycles. The molecule has 1 aromatic carbocycles. The third-order valence-corrected chi connectivity index (χ3v) is 3.69. The summed E-state index contributed by atoms with van der Waals surface area (Å²) in [7, 11) is 0. The van der Waals surface area contributed by atoms with Crippen molar-refractivity contribution >= 4 is 23.4 Å². The Hall–Kier alpha value is -2.87. The van der Waals surface area contributed by atoms with E-state index < -0.39 is 24.4 Å². The van der Waals surface area contributed by atoms with E-state index in [4.69, 9.17) is 5.26 Å². The van der Waals surface area contributed by atoms with E-state index >= 15 is 0 Å². The third-order valence-electron chi connectivity index (χ3n) is 2.97. The lowest BCUT2D eigenvalue weighted by Gasteiger charge is -2.12. The SMILES string of the molecule is N#Cc1cc(NC(=O)c2cccnc2SC(F)F)ccc1OCC(F)(F)F. The van der Waals surface area contributed by atoms with E-state index in [0.717, 1.165) is 12.1 Å². The van der Waals surface area contributed by atoms with E-state index in [-0.39, 0.29) is 39.4 Å². The van der Waals surface area contributed by atoms with Crippen LogP contribution in [0.2, 0.25) is 0 Å². The Labute approximate surface area is 154 Å². The zero-order valence-corrected chi connectivity index (χ0v) is 14.1. The molecule has 0 aliphatic carbocycles. The Morgan fingerprint density at radius 2 is 2.07 bits per heavy atom. The number of nitrogens with zero attached hydrogens (tertiary/aromatic N) is 2. The summed E-state index contributed by atoms with van der Waals surface area (Å²) in [5.41, 5.74) is -0.267. The van der Waals surface area contributed by atoms with Gasteiger partial charge in [0, 0.05) is 11.9 Å². The number of thioether (sulfide) groups is 1. The number of alkyl halides is 5. The summed E-state index contributed by atoms with van der Waals surface area (Å²) in [6.07, 6.45) is -3.32. The first-order valence-electron chi connectivity index (χ1n) is 7.14. The predicted octanol–water partition coefficient (Wildman–Crippen LogP) is 4.46. The first-order chi connectivity index (χ1) is 12.7. The third kappa shape index (κ3) is 6.10. The molecule has 1 N–H and O–H groups in total. The second-order valence-electron chi connectivity index (χ2n) is 4.92. The van der Waals surface area contributed by atoms with Crippen LogP contribution in [-0.4, -0.2) is 29.4 Å². The molecule has 5 nitrogen and oxygen atoms in total. The smallest absolute Gasteiger partial charge is 0.422 e. The maximum Gasteiger partial charge on any atom is 0.422 e. The number of anilines is 1. The highest BCUT2D eigenvalue weighted by molar-refractivity contribution is 7.99. The second-order valence-corrected chi connectivity index (χ2v) is 5.89. The molecule has 2 rings (SSSR count). The van der Waals surface area contributed by atoms with Crippen LogP contribution in [0.25, 0.3) is 0 Å². The predicted molar refractivity (Wildman–Crippen MR) is 86.8 cm³/mol. The van der Waals surface area contributed by atoms with Gasteiger partial charge in [0.1, 0.15) is 16.8 Å². The van der Waals surface area contributed by atoms with Crippen LogP contribution in [0.15, 0.2) is 41.6 Å². The summed E-state index contributed by atoms with van der Waals surface area (Å²) >= 11 is 0.0988. The lowest BCUT2D eigenvalue weighted by Crippen LogP contribution is -2.19. The highest BCUT2D eigenvalue weighted by Gasteiger charge is 2.29.